The van der Waals surface area contributed by atoms with E-state index >= 15 is 0 Å². The Labute approximate surface area is 184 Å². The fraction of sp³-hybridized carbons (Fsp3) is 0.0800. The van der Waals surface area contributed by atoms with Crippen molar-refractivity contribution >= 4 is 17.7 Å². The van der Waals surface area contributed by atoms with Gasteiger partial charge >= 0.3 is 0 Å². The molecule has 4 rings (SSSR count). The molecule has 160 valence electrons. The smallest absolute Gasteiger partial charge is 0.267 e. The van der Waals surface area contributed by atoms with Crippen molar-refractivity contribution in [2.45, 2.75) is 0 Å². The number of aromatic nitrogens is 1. The van der Waals surface area contributed by atoms with Gasteiger partial charge < -0.3 is 14.0 Å². The van der Waals surface area contributed by atoms with Crippen LogP contribution in [-0.2, 0) is 0 Å². The first-order valence-electron chi connectivity index (χ1n) is 9.79. The maximum absolute atomic E-state index is 13.4. The van der Waals surface area contributed by atoms with Crippen LogP contribution in [0.5, 0.6) is 11.5 Å². The molecule has 0 saturated carbocycles. The number of ether oxygens (including phenoxy) is 2. The molecule has 0 aliphatic rings. The van der Waals surface area contributed by atoms with Crippen LogP contribution in [-0.4, -0.2) is 31.2 Å². The fourth-order valence-electron chi connectivity index (χ4n) is 3.13. The molecule has 0 saturated heterocycles. The molecule has 0 aliphatic heterocycles. The number of amides is 2. The largest absolute Gasteiger partial charge is 0.497 e. The molecule has 32 heavy (non-hydrogen) atoms. The average Bonchev–Trinajstić information content (AvgIpc) is 3.34. The maximum atomic E-state index is 13.4. The third kappa shape index (κ3) is 4.22. The second kappa shape index (κ2) is 9.18. The Morgan fingerprint density at radius 1 is 0.750 bits per heavy atom. The van der Waals surface area contributed by atoms with Gasteiger partial charge in [-0.15, -0.1) is 0 Å². The summed E-state index contributed by atoms with van der Waals surface area (Å²) in [7, 11) is 3.08. The zero-order valence-corrected chi connectivity index (χ0v) is 17.5. The quantitative estimate of drug-likeness (QED) is 0.409. The molecule has 7 nitrogen and oxygen atoms in total. The molecule has 0 spiro atoms. The molecular weight excluding hydrogens is 408 g/mol. The predicted molar refractivity (Wildman–Crippen MR) is 119 cm³/mol. The Morgan fingerprint density at radius 2 is 1.25 bits per heavy atom. The summed E-state index contributed by atoms with van der Waals surface area (Å²) in [5.41, 5.74) is 1.91. The van der Waals surface area contributed by atoms with Crippen LogP contribution in [0.3, 0.4) is 0 Å². The Kier molecular flexibility index (Phi) is 5.98. The van der Waals surface area contributed by atoms with E-state index in [2.05, 4.69) is 5.16 Å². The minimum absolute atomic E-state index is 0.0190. The zero-order valence-electron chi connectivity index (χ0n) is 17.5. The third-order valence-corrected chi connectivity index (χ3v) is 4.87. The van der Waals surface area contributed by atoms with Crippen LogP contribution in [0.1, 0.15) is 20.7 Å². The molecule has 3 aromatic carbocycles. The van der Waals surface area contributed by atoms with Crippen molar-refractivity contribution in [2.24, 2.45) is 0 Å². The van der Waals surface area contributed by atoms with Crippen LogP contribution in [0.15, 0.2) is 89.5 Å². The number of carbonyl (C=O) groups is 2. The highest BCUT2D eigenvalue weighted by Crippen LogP contribution is 2.27. The number of rotatable bonds is 6. The lowest BCUT2D eigenvalue weighted by atomic mass is 10.1. The molecule has 1 aromatic heterocycles. The van der Waals surface area contributed by atoms with Gasteiger partial charge in [0.2, 0.25) is 5.88 Å². The molecule has 0 radical (unpaired) electrons. The second-order valence-electron chi connectivity index (χ2n) is 6.82. The first-order chi connectivity index (χ1) is 15.6. The van der Waals surface area contributed by atoms with E-state index in [4.69, 9.17) is 14.0 Å². The van der Waals surface area contributed by atoms with Crippen molar-refractivity contribution in [3.8, 4) is 22.8 Å². The number of anilines is 1. The molecule has 0 fully saturated rings. The maximum Gasteiger partial charge on any atom is 0.267 e. The summed E-state index contributed by atoms with van der Waals surface area (Å²) in [5, 5.41) is 4.05. The van der Waals surface area contributed by atoms with Gasteiger partial charge in [-0.05, 0) is 48.5 Å². The first-order valence-corrected chi connectivity index (χ1v) is 9.79. The minimum atomic E-state index is -0.552. The van der Waals surface area contributed by atoms with Gasteiger partial charge in [-0.1, -0.05) is 35.5 Å². The Balaban J connectivity index is 1.74. The van der Waals surface area contributed by atoms with Gasteiger partial charge in [0.05, 0.1) is 14.2 Å². The molecule has 0 N–H and O–H groups in total. The summed E-state index contributed by atoms with van der Waals surface area (Å²) >= 11 is 0. The standard InChI is InChI=1S/C25H20N2O5/c1-30-20-12-8-18(9-13-20)24(28)27(25(29)19-10-14-21(31-2)15-11-19)23-16-22(26-32-23)17-6-4-3-5-7-17/h3-16H,1-2H3. The summed E-state index contributed by atoms with van der Waals surface area (Å²) in [6, 6.07) is 23.9. The molecule has 1 heterocycles. The number of benzene rings is 3. The van der Waals surface area contributed by atoms with Crippen LogP contribution in [0, 0.1) is 0 Å². The number of hydrogen-bond donors (Lipinski definition) is 0. The lowest BCUT2D eigenvalue weighted by Crippen LogP contribution is -2.36. The van der Waals surface area contributed by atoms with Crippen molar-refractivity contribution in [3.05, 3.63) is 96.1 Å². The molecule has 7 heteroatoms. The number of carbonyl (C=O) groups excluding carboxylic acids is 2. The Bertz CT molecular complexity index is 1160. The molecule has 2 amide bonds. The molecule has 0 atom stereocenters. The van der Waals surface area contributed by atoms with E-state index in [-0.39, 0.29) is 5.88 Å². The molecular formula is C25H20N2O5. The van der Waals surface area contributed by atoms with Crippen molar-refractivity contribution in [1.29, 1.82) is 0 Å². The topological polar surface area (TPSA) is 81.9 Å². The molecule has 4 aromatic rings. The minimum Gasteiger partial charge on any atom is -0.497 e. The summed E-state index contributed by atoms with van der Waals surface area (Å²) in [6.45, 7) is 0. The van der Waals surface area contributed by atoms with Gasteiger partial charge in [0, 0.05) is 22.8 Å². The fourth-order valence-corrected chi connectivity index (χ4v) is 3.13. The summed E-state index contributed by atoms with van der Waals surface area (Å²) in [6.07, 6.45) is 0. The lowest BCUT2D eigenvalue weighted by Gasteiger charge is -2.18. The van der Waals surface area contributed by atoms with Crippen LogP contribution in [0.25, 0.3) is 11.3 Å². The van der Waals surface area contributed by atoms with Gasteiger partial charge in [-0.3, -0.25) is 9.59 Å². The number of nitrogens with zero attached hydrogens (tertiary/aromatic N) is 2. The van der Waals surface area contributed by atoms with Crippen molar-refractivity contribution in [1.82, 2.24) is 5.16 Å². The van der Waals surface area contributed by atoms with E-state index in [0.29, 0.717) is 28.3 Å². The highest BCUT2D eigenvalue weighted by molar-refractivity contribution is 6.25. The van der Waals surface area contributed by atoms with Crippen molar-refractivity contribution < 1.29 is 23.6 Å². The average molecular weight is 428 g/mol. The number of hydrogen-bond acceptors (Lipinski definition) is 6. The number of methoxy groups -OCH3 is 2. The van der Waals surface area contributed by atoms with Gasteiger partial charge in [0.1, 0.15) is 17.2 Å². The summed E-state index contributed by atoms with van der Waals surface area (Å²) in [4.78, 5) is 27.7. The van der Waals surface area contributed by atoms with E-state index in [9.17, 15) is 9.59 Å². The molecule has 0 aliphatic carbocycles. The second-order valence-corrected chi connectivity index (χ2v) is 6.82. The number of imide groups is 1. The zero-order chi connectivity index (χ0) is 22.5. The Hall–Kier alpha value is -4.39. The highest BCUT2D eigenvalue weighted by Gasteiger charge is 2.29. The van der Waals surface area contributed by atoms with Gasteiger partial charge in [-0.2, -0.15) is 0 Å². The van der Waals surface area contributed by atoms with E-state index in [1.165, 1.54) is 14.2 Å². The van der Waals surface area contributed by atoms with Crippen LogP contribution in [0.4, 0.5) is 5.88 Å². The summed E-state index contributed by atoms with van der Waals surface area (Å²) < 4.78 is 15.7. The summed E-state index contributed by atoms with van der Waals surface area (Å²) in [5.74, 6) is 0.111. The Morgan fingerprint density at radius 3 is 1.72 bits per heavy atom. The third-order valence-electron chi connectivity index (χ3n) is 4.87. The predicted octanol–water partition coefficient (Wildman–Crippen LogP) is 4.85. The van der Waals surface area contributed by atoms with Gasteiger partial charge in [0.15, 0.2) is 0 Å². The van der Waals surface area contributed by atoms with Crippen LogP contribution >= 0.6 is 0 Å². The van der Waals surface area contributed by atoms with E-state index in [1.807, 2.05) is 30.3 Å². The highest BCUT2D eigenvalue weighted by atomic mass is 16.5. The van der Waals surface area contributed by atoms with E-state index in [0.717, 1.165) is 10.5 Å². The van der Waals surface area contributed by atoms with Crippen molar-refractivity contribution in [2.75, 3.05) is 19.1 Å². The van der Waals surface area contributed by atoms with Crippen LogP contribution < -0.4 is 14.4 Å². The van der Waals surface area contributed by atoms with Gasteiger partial charge in [-0.25, -0.2) is 4.90 Å². The normalized spacial score (nSPS) is 10.4. The van der Waals surface area contributed by atoms with Gasteiger partial charge in [0.25, 0.3) is 11.8 Å². The SMILES string of the molecule is COc1ccc(C(=O)N(C(=O)c2ccc(OC)cc2)c2cc(-c3ccccc3)no2)cc1. The van der Waals surface area contributed by atoms with Crippen molar-refractivity contribution in [3.63, 3.8) is 0 Å². The molecule has 0 bridgehead atoms. The monoisotopic (exact) mass is 428 g/mol. The first kappa shape index (κ1) is 20.9. The lowest BCUT2D eigenvalue weighted by molar-refractivity contribution is 0.0889. The van der Waals surface area contributed by atoms with Crippen LogP contribution in [0.2, 0.25) is 0 Å². The van der Waals surface area contributed by atoms with E-state index in [1.54, 1.807) is 54.6 Å². The van der Waals surface area contributed by atoms with E-state index < -0.39 is 11.8 Å². The molecule has 0 unspecified atom stereocenters.